The van der Waals surface area contributed by atoms with E-state index in [4.69, 9.17) is 4.94 Å². The number of hydrogen-bond donors (Lipinski definition) is 2. The average molecular weight is 266 g/mol. The molecule has 0 amide bonds. The lowest BCUT2D eigenvalue weighted by atomic mass is 10.1. The first-order valence-corrected chi connectivity index (χ1v) is 7.19. The van der Waals surface area contributed by atoms with Crippen molar-refractivity contribution in [3.8, 4) is 0 Å². The molecular weight excluding hydrogens is 240 g/mol. The molecule has 0 spiro atoms. The fourth-order valence-electron chi connectivity index (χ4n) is 2.62. The third-order valence-corrected chi connectivity index (χ3v) is 3.68. The molecule has 2 rings (SSSR count). The summed E-state index contributed by atoms with van der Waals surface area (Å²) in [6.07, 6.45) is 5.83. The smallest absolute Gasteiger partial charge is 0.0531 e. The third kappa shape index (κ3) is 4.12. The van der Waals surface area contributed by atoms with Crippen LogP contribution < -0.4 is 10.6 Å². The molecule has 0 bridgehead atoms. The highest BCUT2D eigenvalue weighted by Crippen LogP contribution is 2.15. The number of nitrogens with zero attached hydrogens (tertiary/aromatic N) is 2. The van der Waals surface area contributed by atoms with E-state index in [0.29, 0.717) is 12.1 Å². The standard InChI is InChI=1S/C14H26N4O/c1-3-5-13-11-15-7-9-17(13)19-18-10-8-16-12-14(18)6-4-2/h3-4,13-16H,1-2,5-12H2. The normalized spacial score (nSPS) is 30.1. The predicted octanol–water partition coefficient (Wildman–Crippen LogP) is 0.533. The molecule has 5 nitrogen and oxygen atoms in total. The first kappa shape index (κ1) is 14.7. The van der Waals surface area contributed by atoms with Gasteiger partial charge < -0.3 is 10.6 Å². The highest BCUT2D eigenvalue weighted by molar-refractivity contribution is 4.84. The maximum Gasteiger partial charge on any atom is 0.0531 e. The Morgan fingerprint density at radius 2 is 1.42 bits per heavy atom. The molecule has 2 aliphatic rings. The summed E-state index contributed by atoms with van der Waals surface area (Å²) in [4.78, 5) is 6.15. The largest absolute Gasteiger partial charge is 0.314 e. The minimum atomic E-state index is 0.380. The second-order valence-electron chi connectivity index (χ2n) is 5.13. The van der Waals surface area contributed by atoms with E-state index in [-0.39, 0.29) is 0 Å². The molecule has 2 aliphatic heterocycles. The van der Waals surface area contributed by atoms with Crippen LogP contribution in [0.3, 0.4) is 0 Å². The molecule has 0 aromatic heterocycles. The van der Waals surface area contributed by atoms with E-state index in [9.17, 15) is 0 Å². The van der Waals surface area contributed by atoms with Gasteiger partial charge in [-0.15, -0.1) is 13.2 Å². The van der Waals surface area contributed by atoms with Crippen molar-refractivity contribution in [3.63, 3.8) is 0 Å². The lowest BCUT2D eigenvalue weighted by Crippen LogP contribution is -2.58. The van der Waals surface area contributed by atoms with Crippen LogP contribution in [0.15, 0.2) is 25.3 Å². The van der Waals surface area contributed by atoms with Crippen molar-refractivity contribution in [1.82, 2.24) is 20.8 Å². The van der Waals surface area contributed by atoms with E-state index in [2.05, 4.69) is 33.9 Å². The van der Waals surface area contributed by atoms with Gasteiger partial charge in [-0.3, -0.25) is 0 Å². The fourth-order valence-corrected chi connectivity index (χ4v) is 2.62. The molecule has 2 atom stereocenters. The molecule has 0 aromatic carbocycles. The molecule has 2 fully saturated rings. The summed E-state index contributed by atoms with van der Waals surface area (Å²) in [5.41, 5.74) is 0. The number of piperazine rings is 2. The summed E-state index contributed by atoms with van der Waals surface area (Å²) in [5, 5.41) is 11.0. The minimum absolute atomic E-state index is 0.380. The minimum Gasteiger partial charge on any atom is -0.314 e. The molecule has 19 heavy (non-hydrogen) atoms. The maximum absolute atomic E-state index is 6.15. The monoisotopic (exact) mass is 266 g/mol. The molecule has 0 radical (unpaired) electrons. The Morgan fingerprint density at radius 3 is 1.84 bits per heavy atom. The van der Waals surface area contributed by atoms with Crippen LogP contribution in [0.5, 0.6) is 0 Å². The van der Waals surface area contributed by atoms with E-state index in [1.165, 1.54) is 0 Å². The highest BCUT2D eigenvalue weighted by Gasteiger charge is 2.28. The molecule has 0 aromatic rings. The number of hydrogen-bond acceptors (Lipinski definition) is 5. The zero-order valence-corrected chi connectivity index (χ0v) is 11.7. The molecule has 0 aliphatic carbocycles. The van der Waals surface area contributed by atoms with Crippen LogP contribution in [0.4, 0.5) is 0 Å². The molecule has 0 saturated carbocycles. The van der Waals surface area contributed by atoms with Crippen molar-refractivity contribution in [2.45, 2.75) is 24.9 Å². The highest BCUT2D eigenvalue weighted by atomic mass is 16.8. The predicted molar refractivity (Wildman–Crippen MR) is 77.4 cm³/mol. The zero-order chi connectivity index (χ0) is 13.5. The van der Waals surface area contributed by atoms with E-state index in [1.54, 1.807) is 0 Å². The van der Waals surface area contributed by atoms with Gasteiger partial charge in [-0.2, -0.15) is 10.1 Å². The van der Waals surface area contributed by atoms with Gasteiger partial charge >= 0.3 is 0 Å². The van der Waals surface area contributed by atoms with Gasteiger partial charge in [0, 0.05) is 39.3 Å². The SMILES string of the molecule is C=CCC1CNCCN1ON1CCNCC1CC=C. The van der Waals surface area contributed by atoms with Crippen molar-refractivity contribution in [3.05, 3.63) is 25.3 Å². The van der Waals surface area contributed by atoms with Crippen LogP contribution in [0.25, 0.3) is 0 Å². The Hall–Kier alpha value is -0.720. The summed E-state index contributed by atoms with van der Waals surface area (Å²) < 4.78 is 0. The zero-order valence-electron chi connectivity index (χ0n) is 11.7. The molecule has 108 valence electrons. The van der Waals surface area contributed by atoms with Gasteiger partial charge in [0.1, 0.15) is 0 Å². The Labute approximate surface area is 116 Å². The fraction of sp³-hybridized carbons (Fsp3) is 0.714. The van der Waals surface area contributed by atoms with Gasteiger partial charge in [0.15, 0.2) is 0 Å². The molecule has 2 saturated heterocycles. The van der Waals surface area contributed by atoms with Gasteiger partial charge in [-0.25, -0.2) is 4.94 Å². The van der Waals surface area contributed by atoms with Crippen LogP contribution >= 0.6 is 0 Å². The van der Waals surface area contributed by atoms with E-state index < -0.39 is 0 Å². The summed E-state index contributed by atoms with van der Waals surface area (Å²) in [5.74, 6) is 0. The first-order chi connectivity index (χ1) is 9.35. The van der Waals surface area contributed by atoms with Crippen LogP contribution in [-0.2, 0) is 4.94 Å². The second-order valence-corrected chi connectivity index (χ2v) is 5.13. The Morgan fingerprint density at radius 1 is 0.947 bits per heavy atom. The lowest BCUT2D eigenvalue weighted by Gasteiger charge is -2.41. The summed E-state index contributed by atoms with van der Waals surface area (Å²) in [6.45, 7) is 13.4. The Bertz CT molecular complexity index is 269. The molecule has 2 N–H and O–H groups in total. The van der Waals surface area contributed by atoms with Gasteiger partial charge in [0.25, 0.3) is 0 Å². The van der Waals surface area contributed by atoms with Gasteiger partial charge in [-0.1, -0.05) is 12.2 Å². The quantitative estimate of drug-likeness (QED) is 0.686. The van der Waals surface area contributed by atoms with Crippen LogP contribution in [0.2, 0.25) is 0 Å². The Kier molecular flexibility index (Phi) is 6.00. The van der Waals surface area contributed by atoms with Gasteiger partial charge in [0.2, 0.25) is 0 Å². The van der Waals surface area contributed by atoms with Gasteiger partial charge in [-0.05, 0) is 12.8 Å². The first-order valence-electron chi connectivity index (χ1n) is 7.19. The topological polar surface area (TPSA) is 39.8 Å². The number of hydroxylamine groups is 4. The number of nitrogens with one attached hydrogen (secondary N) is 2. The van der Waals surface area contributed by atoms with E-state index in [1.807, 2.05) is 12.2 Å². The van der Waals surface area contributed by atoms with Crippen molar-refractivity contribution >= 4 is 0 Å². The maximum atomic E-state index is 6.15. The van der Waals surface area contributed by atoms with Crippen LogP contribution in [0, 0.1) is 0 Å². The molecule has 5 heteroatoms. The van der Waals surface area contributed by atoms with E-state index in [0.717, 1.165) is 52.1 Å². The van der Waals surface area contributed by atoms with Crippen molar-refractivity contribution in [2.75, 3.05) is 39.3 Å². The second kappa shape index (κ2) is 7.77. The molecule has 2 unspecified atom stereocenters. The third-order valence-electron chi connectivity index (χ3n) is 3.68. The molecule has 2 heterocycles. The van der Waals surface area contributed by atoms with Crippen LogP contribution in [-0.4, -0.2) is 61.5 Å². The summed E-state index contributed by atoms with van der Waals surface area (Å²) in [6, 6.07) is 0.760. The van der Waals surface area contributed by atoms with E-state index >= 15 is 0 Å². The van der Waals surface area contributed by atoms with Crippen molar-refractivity contribution < 1.29 is 4.94 Å². The summed E-state index contributed by atoms with van der Waals surface area (Å²) in [7, 11) is 0. The summed E-state index contributed by atoms with van der Waals surface area (Å²) >= 11 is 0. The number of rotatable bonds is 6. The average Bonchev–Trinajstić information content (AvgIpc) is 2.44. The molecular formula is C14H26N4O. The van der Waals surface area contributed by atoms with Crippen molar-refractivity contribution in [2.24, 2.45) is 0 Å². The van der Waals surface area contributed by atoms with Gasteiger partial charge in [0.05, 0.1) is 12.1 Å². The lowest BCUT2D eigenvalue weighted by molar-refractivity contribution is -0.358. The van der Waals surface area contributed by atoms with Crippen molar-refractivity contribution in [1.29, 1.82) is 0 Å². The van der Waals surface area contributed by atoms with Crippen LogP contribution in [0.1, 0.15) is 12.8 Å². The Balaban J connectivity index is 1.92.